The first kappa shape index (κ1) is 26.3. The maximum atomic E-state index is 13.7. The average Bonchev–Trinajstić information content (AvgIpc) is 2.82. The lowest BCUT2D eigenvalue weighted by Crippen LogP contribution is -2.43. The van der Waals surface area contributed by atoms with Gasteiger partial charge in [0.1, 0.15) is 17.1 Å². The van der Waals surface area contributed by atoms with Gasteiger partial charge in [-0.15, -0.1) is 11.6 Å². The molecule has 31 heavy (non-hydrogen) atoms. The van der Waals surface area contributed by atoms with Crippen LogP contribution < -0.4 is 11.2 Å². The van der Waals surface area contributed by atoms with Crippen LogP contribution in [0.1, 0.15) is 54.7 Å². The van der Waals surface area contributed by atoms with Crippen LogP contribution in [0.3, 0.4) is 0 Å². The predicted molar refractivity (Wildman–Crippen MR) is 117 cm³/mol. The number of hydrogen-bond acceptors (Lipinski definition) is 7. The van der Waals surface area contributed by atoms with Crippen LogP contribution >= 0.6 is 19.3 Å². The highest BCUT2D eigenvalue weighted by atomic mass is 35.5. The van der Waals surface area contributed by atoms with Crippen LogP contribution in [0.2, 0.25) is 0 Å². The molecule has 1 aliphatic rings. The summed E-state index contributed by atoms with van der Waals surface area (Å²) in [4.78, 5) is 24.3. The van der Waals surface area contributed by atoms with E-state index in [0.717, 1.165) is 10.6 Å². The molecule has 2 N–H and O–H groups in total. The molecule has 178 valence electrons. The molecule has 1 aliphatic heterocycles. The molecule has 0 saturated carbocycles. The molecule has 2 rings (SSSR count). The van der Waals surface area contributed by atoms with Gasteiger partial charge >= 0.3 is 13.4 Å². The molecule has 12 heteroatoms. The van der Waals surface area contributed by atoms with E-state index in [9.17, 15) is 19.3 Å². The topological polar surface area (TPSA) is 123 Å². The molecule has 1 fully saturated rings. The molecule has 5 atom stereocenters. The minimum absolute atomic E-state index is 0.134. The first-order valence-corrected chi connectivity index (χ1v) is 12.1. The summed E-state index contributed by atoms with van der Waals surface area (Å²) >= 11 is 6.53. The van der Waals surface area contributed by atoms with Crippen LogP contribution in [0, 0.1) is 0 Å². The summed E-state index contributed by atoms with van der Waals surface area (Å²) in [6.45, 7) is 12.3. The zero-order valence-electron chi connectivity index (χ0n) is 18.9. The van der Waals surface area contributed by atoms with E-state index < -0.39 is 42.3 Å². The largest absolute Gasteiger partial charge is 0.408 e. The van der Waals surface area contributed by atoms with Gasteiger partial charge in [0, 0.05) is 24.3 Å². The number of nitrogens with zero attached hydrogens (tertiary/aromatic N) is 2. The first-order chi connectivity index (χ1) is 14.2. The summed E-state index contributed by atoms with van der Waals surface area (Å²) in [7, 11) is -3.74. The second-order valence-corrected chi connectivity index (χ2v) is 11.3. The van der Waals surface area contributed by atoms with Crippen LogP contribution in [0.25, 0.3) is 0 Å². The molecular weight excluding hydrogens is 449 g/mol. The molecule has 2 heterocycles. The van der Waals surface area contributed by atoms with E-state index in [1.165, 1.54) is 13.1 Å². The number of aliphatic hydroxyl groups excluding tert-OH is 1. The second-order valence-electron chi connectivity index (χ2n) is 8.63. The highest BCUT2D eigenvalue weighted by Crippen LogP contribution is 2.56. The van der Waals surface area contributed by atoms with Gasteiger partial charge in [-0.05, 0) is 48.5 Å². The number of aliphatic hydroxyl groups is 1. The number of nitrogens with one attached hydrogen (secondary N) is 1. The van der Waals surface area contributed by atoms with Gasteiger partial charge in [0.15, 0.2) is 6.23 Å². The highest BCUT2D eigenvalue weighted by molar-refractivity contribution is 7.51. The molecule has 1 aromatic rings. The van der Waals surface area contributed by atoms with Crippen molar-refractivity contribution in [2.24, 2.45) is 0 Å². The third-order valence-corrected chi connectivity index (χ3v) is 7.97. The molecular formula is C19H33ClN3O7P. The van der Waals surface area contributed by atoms with Crippen molar-refractivity contribution < 1.29 is 23.5 Å². The number of aromatic nitrogens is 2. The molecule has 1 saturated heterocycles. The van der Waals surface area contributed by atoms with Crippen molar-refractivity contribution in [1.29, 1.82) is 0 Å². The Balaban J connectivity index is 2.29. The maximum absolute atomic E-state index is 13.7. The lowest BCUT2D eigenvalue weighted by molar-refractivity contribution is -0.0483. The number of halogens is 1. The summed E-state index contributed by atoms with van der Waals surface area (Å²) in [5.74, 6) is 0. The second kappa shape index (κ2) is 9.87. The highest BCUT2D eigenvalue weighted by Gasteiger charge is 2.54. The molecule has 0 spiro atoms. The van der Waals surface area contributed by atoms with Crippen molar-refractivity contribution in [3.63, 3.8) is 0 Å². The molecule has 0 amide bonds. The minimum atomic E-state index is -3.74. The van der Waals surface area contributed by atoms with Crippen LogP contribution in [-0.4, -0.2) is 61.2 Å². The lowest BCUT2D eigenvalue weighted by atomic mass is 10.0. The van der Waals surface area contributed by atoms with E-state index in [0.29, 0.717) is 0 Å². The Hall–Kier alpha value is -1.00. The van der Waals surface area contributed by atoms with E-state index >= 15 is 0 Å². The fraction of sp³-hybridized carbons (Fsp3) is 0.789. The minimum Gasteiger partial charge on any atom is -0.388 e. The average molecular weight is 482 g/mol. The zero-order valence-corrected chi connectivity index (χ0v) is 20.6. The van der Waals surface area contributed by atoms with E-state index in [1.54, 1.807) is 18.5 Å². The van der Waals surface area contributed by atoms with Gasteiger partial charge in [0.05, 0.1) is 12.7 Å². The summed E-state index contributed by atoms with van der Waals surface area (Å²) in [6, 6.07) is 0.886. The number of H-pyrrole nitrogens is 1. The summed E-state index contributed by atoms with van der Waals surface area (Å²) in [5, 5.41) is 10.8. The lowest BCUT2D eigenvalue weighted by Gasteiger charge is -2.37. The number of ether oxygens (including phenoxy) is 1. The van der Waals surface area contributed by atoms with Gasteiger partial charge in [-0.3, -0.25) is 23.4 Å². The molecule has 0 bridgehead atoms. The first-order valence-electron chi connectivity index (χ1n) is 10.3. The predicted octanol–water partition coefficient (Wildman–Crippen LogP) is 2.46. The van der Waals surface area contributed by atoms with Crippen molar-refractivity contribution in [3.8, 4) is 0 Å². The van der Waals surface area contributed by atoms with Crippen molar-refractivity contribution in [2.45, 2.75) is 90.0 Å². The molecule has 0 aromatic carbocycles. The number of aromatic amines is 1. The Bertz CT molecular complexity index is 906. The van der Waals surface area contributed by atoms with Crippen LogP contribution in [0.5, 0.6) is 0 Å². The SMILES string of the molecule is CC(C)OP(=O)(OC[C@H]1O[C@@H](n2ccc(=O)[nH]c2=O)[C@](C)(Cl)[C@@H]1O)N(C(C)C)C(C)C. The summed E-state index contributed by atoms with van der Waals surface area (Å²) in [5.41, 5.74) is -1.29. The molecule has 1 aromatic heterocycles. The Labute approximate surface area is 187 Å². The van der Waals surface area contributed by atoms with Gasteiger partial charge in [-0.1, -0.05) is 0 Å². The maximum Gasteiger partial charge on any atom is 0.408 e. The standard InChI is InChI=1S/C19H33ClN3O7P/c1-11(2)23(12(3)4)31(27,30-13(5)6)28-10-14-16(25)19(7,20)17(29-14)22-9-8-15(24)21-18(22)26/h8-9,11-14,16-17,25H,10H2,1-7H3,(H,21,24,26)/t14-,16-,17-,19-,31?/m1/s1. The fourth-order valence-corrected chi connectivity index (χ4v) is 6.31. The Morgan fingerprint density at radius 1 is 1.29 bits per heavy atom. The van der Waals surface area contributed by atoms with Crippen LogP contribution in [0.15, 0.2) is 21.9 Å². The van der Waals surface area contributed by atoms with Crippen LogP contribution in [0.4, 0.5) is 0 Å². The monoisotopic (exact) mass is 481 g/mol. The van der Waals surface area contributed by atoms with E-state index in [4.69, 9.17) is 25.4 Å². The molecule has 10 nitrogen and oxygen atoms in total. The van der Waals surface area contributed by atoms with Crippen molar-refractivity contribution in [3.05, 3.63) is 33.1 Å². The van der Waals surface area contributed by atoms with E-state index in [-0.39, 0.29) is 24.8 Å². The molecule has 0 radical (unpaired) electrons. The molecule has 1 unspecified atom stereocenters. The number of hydrogen-bond donors (Lipinski definition) is 2. The van der Waals surface area contributed by atoms with Crippen molar-refractivity contribution in [2.75, 3.05) is 6.61 Å². The van der Waals surface area contributed by atoms with Crippen molar-refractivity contribution in [1.82, 2.24) is 14.2 Å². The Kier molecular flexibility index (Phi) is 8.36. The third-order valence-electron chi connectivity index (χ3n) is 4.91. The Morgan fingerprint density at radius 3 is 2.35 bits per heavy atom. The Morgan fingerprint density at radius 2 is 1.87 bits per heavy atom. The van der Waals surface area contributed by atoms with Gasteiger partial charge in [-0.2, -0.15) is 0 Å². The van der Waals surface area contributed by atoms with Gasteiger partial charge in [0.25, 0.3) is 5.56 Å². The molecule has 0 aliphatic carbocycles. The summed E-state index contributed by atoms with van der Waals surface area (Å²) in [6.07, 6.45) is -2.45. The third kappa shape index (κ3) is 5.68. The fourth-order valence-electron chi connectivity index (χ4n) is 3.71. The van der Waals surface area contributed by atoms with E-state index in [1.807, 2.05) is 27.7 Å². The summed E-state index contributed by atoms with van der Waals surface area (Å²) < 4.78 is 33.8. The van der Waals surface area contributed by atoms with Crippen LogP contribution in [-0.2, 0) is 18.3 Å². The van der Waals surface area contributed by atoms with E-state index in [2.05, 4.69) is 4.98 Å². The van der Waals surface area contributed by atoms with Crippen molar-refractivity contribution >= 4 is 19.3 Å². The number of rotatable bonds is 9. The zero-order chi connectivity index (χ0) is 23.7. The smallest absolute Gasteiger partial charge is 0.388 e. The quantitative estimate of drug-likeness (QED) is 0.407. The van der Waals surface area contributed by atoms with Gasteiger partial charge in [-0.25, -0.2) is 14.0 Å². The number of alkyl halides is 1. The van der Waals surface area contributed by atoms with Gasteiger partial charge in [0.2, 0.25) is 0 Å². The normalized spacial score (nSPS) is 28.7. The van der Waals surface area contributed by atoms with Gasteiger partial charge < -0.3 is 9.84 Å².